The number of rotatable bonds is 6. The SMILES string of the molecule is O=C(Cn1ccc([C@H]2CCCNC2)n1)NCc1nc(-c2ccncc2)n[nH]1. The van der Waals surface area contributed by atoms with Gasteiger partial charge in [-0.15, -0.1) is 0 Å². The second kappa shape index (κ2) is 8.09. The van der Waals surface area contributed by atoms with Gasteiger partial charge in [0, 0.05) is 36.6 Å². The van der Waals surface area contributed by atoms with E-state index in [4.69, 9.17) is 0 Å². The number of amides is 1. The van der Waals surface area contributed by atoms with Gasteiger partial charge in [-0.3, -0.25) is 19.6 Å². The highest BCUT2D eigenvalue weighted by molar-refractivity contribution is 5.75. The van der Waals surface area contributed by atoms with Crippen LogP contribution in [0, 0.1) is 0 Å². The van der Waals surface area contributed by atoms with Crippen molar-refractivity contribution >= 4 is 5.91 Å². The number of hydrogen-bond donors (Lipinski definition) is 3. The second-order valence-electron chi connectivity index (χ2n) is 6.60. The highest BCUT2D eigenvalue weighted by Gasteiger charge is 2.18. The summed E-state index contributed by atoms with van der Waals surface area (Å²) in [7, 11) is 0. The average Bonchev–Trinajstić information content (AvgIpc) is 3.37. The van der Waals surface area contributed by atoms with E-state index in [1.165, 1.54) is 0 Å². The van der Waals surface area contributed by atoms with Gasteiger partial charge < -0.3 is 10.6 Å². The van der Waals surface area contributed by atoms with Crippen molar-refractivity contribution in [1.29, 1.82) is 0 Å². The lowest BCUT2D eigenvalue weighted by atomic mass is 9.97. The highest BCUT2D eigenvalue weighted by Crippen LogP contribution is 2.21. The van der Waals surface area contributed by atoms with Crippen LogP contribution in [0.5, 0.6) is 0 Å². The van der Waals surface area contributed by atoms with Crippen molar-refractivity contribution in [3.05, 3.63) is 48.3 Å². The molecule has 0 aliphatic carbocycles. The lowest BCUT2D eigenvalue weighted by molar-refractivity contribution is -0.122. The first-order valence-electron chi connectivity index (χ1n) is 9.10. The molecule has 0 bridgehead atoms. The Bertz CT molecular complexity index is 882. The van der Waals surface area contributed by atoms with Gasteiger partial charge in [-0.05, 0) is 37.6 Å². The third-order valence-electron chi connectivity index (χ3n) is 4.61. The summed E-state index contributed by atoms with van der Waals surface area (Å²) in [6.45, 7) is 2.50. The van der Waals surface area contributed by atoms with Crippen LogP contribution in [0.1, 0.15) is 30.3 Å². The number of nitrogens with one attached hydrogen (secondary N) is 3. The van der Waals surface area contributed by atoms with E-state index in [9.17, 15) is 4.79 Å². The van der Waals surface area contributed by atoms with Gasteiger partial charge in [0.2, 0.25) is 5.91 Å². The van der Waals surface area contributed by atoms with Crippen LogP contribution in [-0.2, 0) is 17.9 Å². The van der Waals surface area contributed by atoms with Crippen molar-refractivity contribution < 1.29 is 4.79 Å². The monoisotopic (exact) mass is 366 g/mol. The van der Waals surface area contributed by atoms with Gasteiger partial charge in [0.05, 0.1) is 12.2 Å². The summed E-state index contributed by atoms with van der Waals surface area (Å²) in [4.78, 5) is 20.6. The fourth-order valence-electron chi connectivity index (χ4n) is 3.18. The lowest BCUT2D eigenvalue weighted by Crippen LogP contribution is -2.29. The molecule has 9 nitrogen and oxygen atoms in total. The fourth-order valence-corrected chi connectivity index (χ4v) is 3.18. The largest absolute Gasteiger partial charge is 0.347 e. The molecule has 4 heterocycles. The maximum Gasteiger partial charge on any atom is 0.242 e. The number of carbonyl (C=O) groups is 1. The van der Waals surface area contributed by atoms with Crippen LogP contribution in [0.25, 0.3) is 11.4 Å². The zero-order chi connectivity index (χ0) is 18.5. The molecule has 1 saturated heterocycles. The minimum atomic E-state index is -0.117. The molecule has 9 heteroatoms. The van der Waals surface area contributed by atoms with E-state index in [1.807, 2.05) is 24.4 Å². The van der Waals surface area contributed by atoms with Crippen molar-refractivity contribution in [2.45, 2.75) is 31.8 Å². The Kier molecular flexibility index (Phi) is 5.20. The Labute approximate surface area is 156 Å². The van der Waals surface area contributed by atoms with Crippen molar-refractivity contribution in [3.63, 3.8) is 0 Å². The van der Waals surface area contributed by atoms with Crippen LogP contribution in [0.15, 0.2) is 36.8 Å². The summed E-state index contributed by atoms with van der Waals surface area (Å²) in [5.74, 6) is 1.50. The third kappa shape index (κ3) is 4.37. The standard InChI is InChI=1S/C18H22N8O/c27-17(12-26-9-5-15(25-26)14-2-1-6-20-10-14)21-11-16-22-18(24-23-16)13-3-7-19-8-4-13/h3-5,7-9,14,20H,1-2,6,10-12H2,(H,21,27)(H,22,23,24)/t14-/m0/s1. The summed E-state index contributed by atoms with van der Waals surface area (Å²) < 4.78 is 1.68. The van der Waals surface area contributed by atoms with E-state index >= 15 is 0 Å². The van der Waals surface area contributed by atoms with Gasteiger partial charge in [0.25, 0.3) is 0 Å². The molecule has 1 aliphatic rings. The maximum absolute atomic E-state index is 12.2. The van der Waals surface area contributed by atoms with Gasteiger partial charge in [-0.1, -0.05) is 0 Å². The first-order chi connectivity index (χ1) is 13.3. The van der Waals surface area contributed by atoms with Gasteiger partial charge in [-0.2, -0.15) is 10.2 Å². The first-order valence-corrected chi connectivity index (χ1v) is 9.10. The number of H-pyrrole nitrogens is 1. The summed E-state index contributed by atoms with van der Waals surface area (Å²) >= 11 is 0. The molecule has 4 rings (SSSR count). The van der Waals surface area contributed by atoms with Crippen LogP contribution < -0.4 is 10.6 Å². The zero-order valence-electron chi connectivity index (χ0n) is 14.9. The number of aromatic amines is 1. The molecule has 3 aromatic rings. The molecule has 0 saturated carbocycles. The van der Waals surface area contributed by atoms with Gasteiger partial charge in [-0.25, -0.2) is 4.98 Å². The molecule has 3 aromatic heterocycles. The van der Waals surface area contributed by atoms with Crippen molar-refractivity contribution in [2.75, 3.05) is 13.1 Å². The van der Waals surface area contributed by atoms with Crippen LogP contribution in [0.4, 0.5) is 0 Å². The summed E-state index contributed by atoms with van der Waals surface area (Å²) in [6.07, 6.45) is 7.54. The van der Waals surface area contributed by atoms with Crippen molar-refractivity contribution in [1.82, 2.24) is 40.6 Å². The van der Waals surface area contributed by atoms with E-state index in [1.54, 1.807) is 17.1 Å². The average molecular weight is 366 g/mol. The molecule has 1 atom stereocenters. The van der Waals surface area contributed by atoms with E-state index in [0.29, 0.717) is 17.6 Å². The predicted octanol–water partition coefficient (Wildman–Crippen LogP) is 0.847. The summed E-state index contributed by atoms with van der Waals surface area (Å²) in [5.41, 5.74) is 1.92. The number of aromatic nitrogens is 6. The van der Waals surface area contributed by atoms with E-state index in [2.05, 4.69) is 35.9 Å². The number of piperidine rings is 1. The minimum Gasteiger partial charge on any atom is -0.347 e. The molecular weight excluding hydrogens is 344 g/mol. The molecule has 0 unspecified atom stereocenters. The number of nitrogens with zero attached hydrogens (tertiary/aromatic N) is 5. The van der Waals surface area contributed by atoms with Crippen LogP contribution in [-0.4, -0.2) is 48.9 Å². The Hall–Kier alpha value is -3.07. The molecule has 1 amide bonds. The highest BCUT2D eigenvalue weighted by atomic mass is 16.2. The Morgan fingerprint density at radius 1 is 1.30 bits per heavy atom. The quantitative estimate of drug-likeness (QED) is 0.596. The smallest absolute Gasteiger partial charge is 0.242 e. The Morgan fingerprint density at radius 2 is 2.19 bits per heavy atom. The Morgan fingerprint density at radius 3 is 3.00 bits per heavy atom. The molecular formula is C18H22N8O. The van der Waals surface area contributed by atoms with Gasteiger partial charge >= 0.3 is 0 Å². The normalized spacial score (nSPS) is 17.0. The molecule has 27 heavy (non-hydrogen) atoms. The van der Waals surface area contributed by atoms with Gasteiger partial charge in [0.1, 0.15) is 12.4 Å². The first kappa shape index (κ1) is 17.3. The number of carbonyl (C=O) groups excluding carboxylic acids is 1. The lowest BCUT2D eigenvalue weighted by Gasteiger charge is -2.20. The third-order valence-corrected chi connectivity index (χ3v) is 4.61. The van der Waals surface area contributed by atoms with Gasteiger partial charge in [0.15, 0.2) is 5.82 Å². The maximum atomic E-state index is 12.2. The predicted molar refractivity (Wildman–Crippen MR) is 98.5 cm³/mol. The van der Waals surface area contributed by atoms with Crippen LogP contribution in [0.3, 0.4) is 0 Å². The molecule has 0 radical (unpaired) electrons. The van der Waals surface area contributed by atoms with Crippen LogP contribution >= 0.6 is 0 Å². The van der Waals surface area contributed by atoms with Crippen molar-refractivity contribution in [2.24, 2.45) is 0 Å². The topological polar surface area (TPSA) is 113 Å². The summed E-state index contributed by atoms with van der Waals surface area (Å²) in [5, 5.41) is 17.8. The summed E-state index contributed by atoms with van der Waals surface area (Å²) in [6, 6.07) is 5.67. The van der Waals surface area contributed by atoms with E-state index < -0.39 is 0 Å². The van der Waals surface area contributed by atoms with E-state index in [-0.39, 0.29) is 19.0 Å². The van der Waals surface area contributed by atoms with E-state index in [0.717, 1.165) is 37.2 Å². The molecule has 140 valence electrons. The fraction of sp³-hybridized carbons (Fsp3) is 0.389. The van der Waals surface area contributed by atoms with Crippen LogP contribution in [0.2, 0.25) is 0 Å². The molecule has 1 aliphatic heterocycles. The number of hydrogen-bond acceptors (Lipinski definition) is 6. The second-order valence-corrected chi connectivity index (χ2v) is 6.60. The molecule has 0 aromatic carbocycles. The molecule has 3 N–H and O–H groups in total. The zero-order valence-corrected chi connectivity index (χ0v) is 14.9. The number of pyridine rings is 1. The van der Waals surface area contributed by atoms with Crippen molar-refractivity contribution in [3.8, 4) is 11.4 Å². The minimum absolute atomic E-state index is 0.117. The molecule has 0 spiro atoms. The molecule has 1 fully saturated rings. The Balaban J connectivity index is 1.29.